The number of carboxylic acid groups (broad SMARTS) is 1. The van der Waals surface area contributed by atoms with E-state index in [1.54, 1.807) is 26.2 Å². The fraction of sp³-hybridized carbons (Fsp3) is 0.182. The summed E-state index contributed by atoms with van der Waals surface area (Å²) in [5.74, 6) is -1.48. The predicted molar refractivity (Wildman–Crippen MR) is 67.2 cm³/mol. The Kier molecular flexibility index (Phi) is 3.15. The summed E-state index contributed by atoms with van der Waals surface area (Å²) in [7, 11) is 1.70. The second kappa shape index (κ2) is 4.61. The van der Waals surface area contributed by atoms with Crippen molar-refractivity contribution < 1.29 is 14.7 Å². The number of carbonyl (C=O) groups is 2. The standard InChI is InChI=1S/C11H11N3O3S/c1-6-5-7(11(16)17)10(18-6)12-9(15)8-3-4-14(2)13-8/h3-5H,1-2H3,(H,12,15)(H,16,17). The summed E-state index contributed by atoms with van der Waals surface area (Å²) >= 11 is 1.23. The highest BCUT2D eigenvalue weighted by atomic mass is 32.1. The Morgan fingerprint density at radius 1 is 1.50 bits per heavy atom. The molecule has 2 rings (SSSR count). The van der Waals surface area contributed by atoms with E-state index in [-0.39, 0.29) is 11.3 Å². The maximum atomic E-state index is 11.8. The van der Waals surface area contributed by atoms with Crippen LogP contribution in [0.15, 0.2) is 18.3 Å². The molecule has 0 aliphatic carbocycles. The van der Waals surface area contributed by atoms with Crippen LogP contribution in [0.5, 0.6) is 0 Å². The summed E-state index contributed by atoms with van der Waals surface area (Å²) in [6.07, 6.45) is 1.65. The number of carbonyl (C=O) groups excluding carboxylic acids is 1. The van der Waals surface area contributed by atoms with Crippen molar-refractivity contribution in [1.82, 2.24) is 9.78 Å². The molecule has 0 atom stereocenters. The predicted octanol–water partition coefficient (Wildman–Crippen LogP) is 1.74. The lowest BCUT2D eigenvalue weighted by Gasteiger charge is -2.01. The average Bonchev–Trinajstić information content (AvgIpc) is 2.85. The molecule has 2 heterocycles. The maximum Gasteiger partial charge on any atom is 0.338 e. The minimum absolute atomic E-state index is 0.0989. The normalized spacial score (nSPS) is 10.3. The van der Waals surface area contributed by atoms with Crippen LogP contribution in [0.4, 0.5) is 5.00 Å². The molecule has 94 valence electrons. The molecule has 0 bridgehead atoms. The van der Waals surface area contributed by atoms with E-state index in [0.29, 0.717) is 5.00 Å². The Morgan fingerprint density at radius 2 is 2.22 bits per heavy atom. The molecule has 2 aromatic heterocycles. The molecule has 0 fully saturated rings. The number of thiophene rings is 1. The van der Waals surface area contributed by atoms with Crippen LogP contribution >= 0.6 is 11.3 Å². The van der Waals surface area contributed by atoms with Crippen LogP contribution in [-0.2, 0) is 7.05 Å². The van der Waals surface area contributed by atoms with Crippen LogP contribution in [0, 0.1) is 6.92 Å². The summed E-state index contributed by atoms with van der Waals surface area (Å²) in [6.45, 7) is 1.79. The zero-order chi connectivity index (χ0) is 13.3. The Labute approximate surface area is 107 Å². The van der Waals surface area contributed by atoms with Crippen LogP contribution in [0.3, 0.4) is 0 Å². The third-order valence-corrected chi connectivity index (χ3v) is 3.22. The largest absolute Gasteiger partial charge is 0.478 e. The first-order valence-corrected chi connectivity index (χ1v) is 5.93. The van der Waals surface area contributed by atoms with Gasteiger partial charge < -0.3 is 10.4 Å². The molecule has 2 aromatic rings. The van der Waals surface area contributed by atoms with Gasteiger partial charge in [0.1, 0.15) is 5.00 Å². The van der Waals surface area contributed by atoms with Crippen molar-refractivity contribution in [3.05, 3.63) is 34.5 Å². The van der Waals surface area contributed by atoms with E-state index in [1.165, 1.54) is 22.1 Å². The average molecular weight is 265 g/mol. The second-order valence-corrected chi connectivity index (χ2v) is 4.99. The fourth-order valence-corrected chi connectivity index (χ4v) is 2.37. The topological polar surface area (TPSA) is 84.2 Å². The van der Waals surface area contributed by atoms with E-state index in [2.05, 4.69) is 10.4 Å². The fourth-order valence-electron chi connectivity index (χ4n) is 1.47. The van der Waals surface area contributed by atoms with Gasteiger partial charge in [0.05, 0.1) is 5.56 Å². The summed E-state index contributed by atoms with van der Waals surface area (Å²) in [4.78, 5) is 23.7. The number of anilines is 1. The Balaban J connectivity index is 2.24. The number of nitrogens with zero attached hydrogens (tertiary/aromatic N) is 2. The van der Waals surface area contributed by atoms with Crippen LogP contribution in [-0.4, -0.2) is 26.8 Å². The molecule has 0 aromatic carbocycles. The number of nitrogens with one attached hydrogen (secondary N) is 1. The molecule has 0 unspecified atom stereocenters. The number of hydrogen-bond donors (Lipinski definition) is 2. The van der Waals surface area contributed by atoms with E-state index in [0.717, 1.165) is 4.88 Å². The van der Waals surface area contributed by atoms with Gasteiger partial charge in [-0.05, 0) is 19.1 Å². The summed E-state index contributed by atoms with van der Waals surface area (Å²) in [6, 6.07) is 3.09. The first kappa shape index (κ1) is 12.3. The maximum absolute atomic E-state index is 11.8. The minimum Gasteiger partial charge on any atom is -0.478 e. The third kappa shape index (κ3) is 2.40. The molecule has 7 heteroatoms. The lowest BCUT2D eigenvalue weighted by molar-refractivity contribution is 0.0698. The van der Waals surface area contributed by atoms with Crippen molar-refractivity contribution in [2.45, 2.75) is 6.92 Å². The molecule has 0 radical (unpaired) electrons. The molecule has 6 nitrogen and oxygen atoms in total. The smallest absolute Gasteiger partial charge is 0.338 e. The number of amides is 1. The van der Waals surface area contributed by atoms with E-state index in [4.69, 9.17) is 5.11 Å². The van der Waals surface area contributed by atoms with Crippen LogP contribution < -0.4 is 5.32 Å². The highest BCUT2D eigenvalue weighted by molar-refractivity contribution is 7.16. The summed E-state index contributed by atoms with van der Waals surface area (Å²) < 4.78 is 1.51. The molecule has 0 spiro atoms. The van der Waals surface area contributed by atoms with Gasteiger partial charge in [-0.15, -0.1) is 11.3 Å². The van der Waals surface area contributed by atoms with Gasteiger partial charge in [0.15, 0.2) is 5.69 Å². The van der Waals surface area contributed by atoms with Gasteiger partial charge >= 0.3 is 5.97 Å². The number of aromatic nitrogens is 2. The van der Waals surface area contributed by atoms with Gasteiger partial charge in [0.2, 0.25) is 0 Å². The molecule has 1 amide bonds. The molecule has 2 N–H and O–H groups in total. The molecular formula is C11H11N3O3S. The van der Waals surface area contributed by atoms with Crippen molar-refractivity contribution in [1.29, 1.82) is 0 Å². The number of hydrogen-bond acceptors (Lipinski definition) is 4. The first-order valence-electron chi connectivity index (χ1n) is 5.12. The van der Waals surface area contributed by atoms with Crippen molar-refractivity contribution in [2.75, 3.05) is 5.32 Å². The van der Waals surface area contributed by atoms with Crippen molar-refractivity contribution in [2.24, 2.45) is 7.05 Å². The van der Waals surface area contributed by atoms with E-state index in [1.807, 2.05) is 0 Å². The van der Waals surface area contributed by atoms with Gasteiger partial charge in [-0.2, -0.15) is 5.10 Å². The van der Waals surface area contributed by atoms with Gasteiger partial charge in [-0.3, -0.25) is 9.48 Å². The van der Waals surface area contributed by atoms with Gasteiger partial charge in [-0.25, -0.2) is 4.79 Å². The van der Waals surface area contributed by atoms with Gasteiger partial charge in [-0.1, -0.05) is 0 Å². The molecule has 18 heavy (non-hydrogen) atoms. The monoisotopic (exact) mass is 265 g/mol. The summed E-state index contributed by atoms with van der Waals surface area (Å²) in [5, 5.41) is 15.8. The highest BCUT2D eigenvalue weighted by Crippen LogP contribution is 2.27. The molecule has 0 aliphatic heterocycles. The lowest BCUT2D eigenvalue weighted by atomic mass is 10.3. The zero-order valence-corrected chi connectivity index (χ0v) is 10.6. The summed E-state index contributed by atoms with van der Waals surface area (Å²) in [5.41, 5.74) is 0.349. The minimum atomic E-state index is -1.06. The number of aryl methyl sites for hydroxylation is 2. The second-order valence-electron chi connectivity index (χ2n) is 3.73. The quantitative estimate of drug-likeness (QED) is 0.885. The van der Waals surface area contributed by atoms with Crippen molar-refractivity contribution >= 4 is 28.2 Å². The molecule has 0 saturated heterocycles. The zero-order valence-electron chi connectivity index (χ0n) is 9.80. The van der Waals surface area contributed by atoms with Gasteiger partial charge in [0, 0.05) is 18.1 Å². The van der Waals surface area contributed by atoms with Crippen LogP contribution in [0.25, 0.3) is 0 Å². The highest BCUT2D eigenvalue weighted by Gasteiger charge is 2.17. The van der Waals surface area contributed by atoms with E-state index < -0.39 is 11.9 Å². The molecule has 0 aliphatic rings. The van der Waals surface area contributed by atoms with E-state index in [9.17, 15) is 9.59 Å². The van der Waals surface area contributed by atoms with E-state index >= 15 is 0 Å². The number of aromatic carboxylic acids is 1. The van der Waals surface area contributed by atoms with Gasteiger partial charge in [0.25, 0.3) is 5.91 Å². The van der Waals surface area contributed by atoms with Crippen LogP contribution in [0.2, 0.25) is 0 Å². The molecular weight excluding hydrogens is 254 g/mol. The Morgan fingerprint density at radius 3 is 2.78 bits per heavy atom. The molecule has 0 saturated carbocycles. The first-order chi connectivity index (χ1) is 8.47. The Hall–Kier alpha value is -2.15. The SMILES string of the molecule is Cc1cc(C(=O)O)c(NC(=O)c2ccn(C)n2)s1. The lowest BCUT2D eigenvalue weighted by Crippen LogP contribution is -2.14. The van der Waals surface area contributed by atoms with Crippen LogP contribution in [0.1, 0.15) is 25.7 Å². The van der Waals surface area contributed by atoms with Crippen molar-refractivity contribution in [3.8, 4) is 0 Å². The number of carboxylic acids is 1. The third-order valence-electron chi connectivity index (χ3n) is 2.26. The number of rotatable bonds is 3. The van der Waals surface area contributed by atoms with Crippen molar-refractivity contribution in [3.63, 3.8) is 0 Å². The Bertz CT molecular complexity index is 615.